The Hall–Kier alpha value is -1.27. The zero-order valence-electron chi connectivity index (χ0n) is 14.2. The van der Waals surface area contributed by atoms with E-state index in [1.807, 2.05) is 31.2 Å². The van der Waals surface area contributed by atoms with Gasteiger partial charge < -0.3 is 10.6 Å². The number of guanidine groups is 1. The second-order valence-corrected chi connectivity index (χ2v) is 9.48. The Kier molecular flexibility index (Phi) is 7.35. The molecule has 0 saturated heterocycles. The highest BCUT2D eigenvalue weighted by Crippen LogP contribution is 2.15. The first-order chi connectivity index (χ1) is 10.7. The van der Waals surface area contributed by atoms with Crippen molar-refractivity contribution >= 4 is 27.4 Å². The van der Waals surface area contributed by atoms with Crippen molar-refractivity contribution in [3.8, 4) is 0 Å². The molecule has 0 fully saturated rings. The molecule has 0 aliphatic heterocycles. The van der Waals surface area contributed by atoms with Gasteiger partial charge in [-0.25, -0.2) is 13.4 Å². The van der Waals surface area contributed by atoms with E-state index in [9.17, 15) is 8.42 Å². The molecule has 0 aliphatic rings. The van der Waals surface area contributed by atoms with Crippen molar-refractivity contribution < 1.29 is 8.42 Å². The summed E-state index contributed by atoms with van der Waals surface area (Å²) in [6, 6.07) is 7.50. The molecule has 1 aromatic rings. The smallest absolute Gasteiger partial charge is 0.191 e. The zero-order chi connectivity index (χ0) is 17.5. The first kappa shape index (κ1) is 19.8. The van der Waals surface area contributed by atoms with Crippen LogP contribution in [0.15, 0.2) is 29.3 Å². The maximum absolute atomic E-state index is 12.1. The van der Waals surface area contributed by atoms with Crippen LogP contribution in [0.3, 0.4) is 0 Å². The normalized spacial score (nSPS) is 13.0. The van der Waals surface area contributed by atoms with Crippen molar-refractivity contribution in [2.24, 2.45) is 4.99 Å². The number of nitrogens with zero attached hydrogens (tertiary/aromatic N) is 1. The standard InChI is InChI=1S/C16H26ClN3O2S/c1-5-18-15(19-9-10-23(21,22)16(2,3)4)20-12-13-7-6-8-14(17)11-13/h6-8,11H,5,9-10,12H2,1-4H3,(H2,18,19,20). The minimum Gasteiger partial charge on any atom is -0.357 e. The van der Waals surface area contributed by atoms with Crippen LogP contribution < -0.4 is 10.6 Å². The van der Waals surface area contributed by atoms with Crippen molar-refractivity contribution in [1.29, 1.82) is 0 Å². The lowest BCUT2D eigenvalue weighted by atomic mass is 10.2. The van der Waals surface area contributed by atoms with Gasteiger partial charge in [0.25, 0.3) is 0 Å². The van der Waals surface area contributed by atoms with Crippen LogP contribution in [0.2, 0.25) is 5.02 Å². The number of nitrogens with one attached hydrogen (secondary N) is 2. The monoisotopic (exact) mass is 359 g/mol. The fourth-order valence-electron chi connectivity index (χ4n) is 1.76. The van der Waals surface area contributed by atoms with Gasteiger partial charge in [0.05, 0.1) is 17.0 Å². The van der Waals surface area contributed by atoms with Gasteiger partial charge in [-0.2, -0.15) is 0 Å². The SMILES string of the molecule is CCNC(=NCc1cccc(Cl)c1)NCCS(=O)(=O)C(C)(C)C. The molecule has 0 radical (unpaired) electrons. The van der Waals surface area contributed by atoms with Gasteiger partial charge in [0.15, 0.2) is 15.8 Å². The molecular weight excluding hydrogens is 334 g/mol. The fourth-order valence-corrected chi connectivity index (χ4v) is 2.95. The second kappa shape index (κ2) is 8.55. The number of sulfone groups is 1. The number of hydrogen-bond acceptors (Lipinski definition) is 3. The fraction of sp³-hybridized carbons (Fsp3) is 0.562. The number of hydrogen-bond donors (Lipinski definition) is 2. The van der Waals surface area contributed by atoms with Gasteiger partial charge in [0.1, 0.15) is 0 Å². The van der Waals surface area contributed by atoms with Crippen molar-refractivity contribution in [2.75, 3.05) is 18.8 Å². The molecule has 0 aliphatic carbocycles. The van der Waals surface area contributed by atoms with E-state index in [1.54, 1.807) is 20.8 Å². The minimum atomic E-state index is -3.14. The van der Waals surface area contributed by atoms with Crippen LogP contribution in [-0.4, -0.2) is 38.0 Å². The van der Waals surface area contributed by atoms with Crippen molar-refractivity contribution in [3.63, 3.8) is 0 Å². The van der Waals surface area contributed by atoms with E-state index in [-0.39, 0.29) is 5.75 Å². The summed E-state index contributed by atoms with van der Waals surface area (Å²) in [5, 5.41) is 6.84. The molecule has 130 valence electrons. The van der Waals surface area contributed by atoms with Crippen LogP contribution in [0, 0.1) is 0 Å². The molecule has 0 aromatic heterocycles. The van der Waals surface area contributed by atoms with E-state index in [4.69, 9.17) is 11.6 Å². The van der Waals surface area contributed by atoms with Gasteiger partial charge in [-0.15, -0.1) is 0 Å². The third-order valence-electron chi connectivity index (χ3n) is 3.25. The average molecular weight is 360 g/mol. The summed E-state index contributed by atoms with van der Waals surface area (Å²) in [6.07, 6.45) is 0. The van der Waals surface area contributed by atoms with Crippen LogP contribution in [0.5, 0.6) is 0 Å². The Morgan fingerprint density at radius 2 is 1.96 bits per heavy atom. The predicted molar refractivity (Wildman–Crippen MR) is 97.8 cm³/mol. The molecule has 7 heteroatoms. The predicted octanol–water partition coefficient (Wildman–Crippen LogP) is 2.61. The Labute approximate surface area is 144 Å². The van der Waals surface area contributed by atoms with Crippen LogP contribution in [0.1, 0.15) is 33.3 Å². The molecule has 0 amide bonds. The third kappa shape index (κ3) is 6.79. The maximum Gasteiger partial charge on any atom is 0.191 e. The van der Waals surface area contributed by atoms with Gasteiger partial charge in [-0.3, -0.25) is 0 Å². The molecule has 2 N–H and O–H groups in total. The van der Waals surface area contributed by atoms with Gasteiger partial charge in [0, 0.05) is 18.1 Å². The van der Waals surface area contributed by atoms with Gasteiger partial charge in [0.2, 0.25) is 0 Å². The molecule has 0 heterocycles. The van der Waals surface area contributed by atoms with Crippen molar-refractivity contribution in [2.45, 2.75) is 39.0 Å². The molecular formula is C16H26ClN3O2S. The van der Waals surface area contributed by atoms with Crippen LogP contribution in [0.25, 0.3) is 0 Å². The average Bonchev–Trinajstić information content (AvgIpc) is 2.43. The lowest BCUT2D eigenvalue weighted by molar-refractivity contribution is 0.559. The van der Waals surface area contributed by atoms with E-state index >= 15 is 0 Å². The van der Waals surface area contributed by atoms with Crippen LogP contribution in [0.4, 0.5) is 0 Å². The summed E-state index contributed by atoms with van der Waals surface area (Å²) in [6.45, 7) is 8.58. The molecule has 0 spiro atoms. The first-order valence-electron chi connectivity index (χ1n) is 7.64. The van der Waals surface area contributed by atoms with E-state index in [1.165, 1.54) is 0 Å². The summed E-state index contributed by atoms with van der Waals surface area (Å²) in [4.78, 5) is 4.45. The summed E-state index contributed by atoms with van der Waals surface area (Å²) in [5.41, 5.74) is 0.997. The van der Waals surface area contributed by atoms with Gasteiger partial charge >= 0.3 is 0 Å². The Morgan fingerprint density at radius 3 is 2.52 bits per heavy atom. The molecule has 1 rings (SSSR count). The molecule has 0 unspecified atom stereocenters. The highest BCUT2D eigenvalue weighted by atomic mass is 35.5. The topological polar surface area (TPSA) is 70.6 Å². The van der Waals surface area contributed by atoms with Crippen molar-refractivity contribution in [1.82, 2.24) is 10.6 Å². The Balaban J connectivity index is 2.63. The van der Waals surface area contributed by atoms with Gasteiger partial charge in [-0.05, 0) is 45.4 Å². The number of aliphatic imine (C=N–C) groups is 1. The zero-order valence-corrected chi connectivity index (χ0v) is 15.8. The molecule has 23 heavy (non-hydrogen) atoms. The van der Waals surface area contributed by atoms with Gasteiger partial charge in [-0.1, -0.05) is 23.7 Å². The largest absolute Gasteiger partial charge is 0.357 e. The number of rotatable bonds is 6. The lowest BCUT2D eigenvalue weighted by Crippen LogP contribution is -2.41. The minimum absolute atomic E-state index is 0.0675. The van der Waals surface area contributed by atoms with Crippen molar-refractivity contribution in [3.05, 3.63) is 34.9 Å². The number of halogens is 1. The van der Waals surface area contributed by atoms with E-state index in [0.717, 1.165) is 5.56 Å². The summed E-state index contributed by atoms with van der Waals surface area (Å²) in [7, 11) is -3.14. The summed E-state index contributed by atoms with van der Waals surface area (Å²) in [5.74, 6) is 0.662. The highest BCUT2D eigenvalue weighted by Gasteiger charge is 2.28. The third-order valence-corrected chi connectivity index (χ3v) is 6.09. The van der Waals surface area contributed by atoms with Crippen LogP contribution >= 0.6 is 11.6 Å². The highest BCUT2D eigenvalue weighted by molar-refractivity contribution is 7.92. The Morgan fingerprint density at radius 1 is 1.26 bits per heavy atom. The number of benzene rings is 1. The van der Waals surface area contributed by atoms with E-state index < -0.39 is 14.6 Å². The summed E-state index contributed by atoms with van der Waals surface area (Å²) < 4.78 is 23.4. The van der Waals surface area contributed by atoms with E-state index in [2.05, 4.69) is 15.6 Å². The first-order valence-corrected chi connectivity index (χ1v) is 9.67. The molecule has 1 aromatic carbocycles. The molecule has 0 bridgehead atoms. The Bertz CT molecular complexity index is 637. The van der Waals surface area contributed by atoms with Crippen LogP contribution in [-0.2, 0) is 16.4 Å². The summed E-state index contributed by atoms with van der Waals surface area (Å²) >= 11 is 5.95. The molecule has 0 atom stereocenters. The second-order valence-electron chi connectivity index (χ2n) is 6.18. The quantitative estimate of drug-likeness (QED) is 0.605. The lowest BCUT2D eigenvalue weighted by Gasteiger charge is -2.19. The molecule has 0 saturated carbocycles. The maximum atomic E-state index is 12.1. The molecule has 5 nitrogen and oxygen atoms in total. The van der Waals surface area contributed by atoms with E-state index in [0.29, 0.717) is 30.6 Å².